The topological polar surface area (TPSA) is 69.7 Å². The monoisotopic (exact) mass is 415 g/mol. The number of hydrogen-bond acceptors (Lipinski definition) is 4. The molecule has 1 saturated heterocycles. The molecule has 2 aromatic carbocycles. The van der Waals surface area contributed by atoms with Crippen LogP contribution in [0.4, 0.5) is 0 Å². The van der Waals surface area contributed by atoms with Gasteiger partial charge in [0.05, 0.1) is 10.9 Å². The number of amides is 1. The fraction of sp³-hybridized carbons (Fsp3) is 0.409. The standard InChI is InChI=1S/C22H29N3O3S/c1-17-9-10-21(18(2)15-17)29(27,28)25-13-11-24(12-14-25)19(3)22(26)23-16-20-7-5-4-6-8-20/h4-10,15,19H,11-14,16H2,1-3H3,(H,23,26). The largest absolute Gasteiger partial charge is 0.351 e. The first-order valence-electron chi connectivity index (χ1n) is 9.92. The van der Waals surface area contributed by atoms with Crippen LogP contribution in [0.15, 0.2) is 53.4 Å². The highest BCUT2D eigenvalue weighted by Gasteiger charge is 2.32. The van der Waals surface area contributed by atoms with Crippen LogP contribution in [0, 0.1) is 13.8 Å². The van der Waals surface area contributed by atoms with E-state index in [2.05, 4.69) is 5.32 Å². The van der Waals surface area contributed by atoms with Gasteiger partial charge in [-0.25, -0.2) is 8.42 Å². The number of nitrogens with zero attached hydrogens (tertiary/aromatic N) is 2. The van der Waals surface area contributed by atoms with E-state index in [1.807, 2.05) is 68.1 Å². The Kier molecular flexibility index (Phi) is 6.72. The summed E-state index contributed by atoms with van der Waals surface area (Å²) in [5.41, 5.74) is 2.86. The van der Waals surface area contributed by atoms with E-state index in [-0.39, 0.29) is 11.9 Å². The molecular weight excluding hydrogens is 386 g/mol. The zero-order valence-corrected chi connectivity index (χ0v) is 18.1. The SMILES string of the molecule is Cc1ccc(S(=O)(=O)N2CCN(C(C)C(=O)NCc3ccccc3)CC2)c(C)c1. The Labute approximate surface area is 173 Å². The van der Waals surface area contributed by atoms with Crippen LogP contribution in [0.25, 0.3) is 0 Å². The van der Waals surface area contributed by atoms with E-state index in [4.69, 9.17) is 0 Å². The van der Waals surface area contributed by atoms with Crippen LogP contribution < -0.4 is 5.32 Å². The lowest BCUT2D eigenvalue weighted by Gasteiger charge is -2.37. The van der Waals surface area contributed by atoms with Gasteiger partial charge in [0.1, 0.15) is 0 Å². The molecule has 1 heterocycles. The second kappa shape index (κ2) is 9.07. The van der Waals surface area contributed by atoms with E-state index in [1.54, 1.807) is 6.07 Å². The number of hydrogen-bond donors (Lipinski definition) is 1. The predicted molar refractivity (Wildman–Crippen MR) is 114 cm³/mol. The first-order chi connectivity index (χ1) is 13.8. The number of rotatable bonds is 6. The quantitative estimate of drug-likeness (QED) is 0.786. The molecule has 0 aromatic heterocycles. The van der Waals surface area contributed by atoms with E-state index in [0.717, 1.165) is 16.7 Å². The van der Waals surface area contributed by atoms with E-state index in [9.17, 15) is 13.2 Å². The third-order valence-corrected chi connectivity index (χ3v) is 7.52. The molecule has 2 aromatic rings. The first-order valence-corrected chi connectivity index (χ1v) is 11.4. The lowest BCUT2D eigenvalue weighted by molar-refractivity contribution is -0.126. The molecule has 156 valence electrons. The molecule has 0 radical (unpaired) electrons. The van der Waals surface area contributed by atoms with Gasteiger partial charge in [-0.1, -0.05) is 48.0 Å². The molecule has 1 N–H and O–H groups in total. The van der Waals surface area contributed by atoms with Crippen molar-refractivity contribution in [2.75, 3.05) is 26.2 Å². The van der Waals surface area contributed by atoms with Gasteiger partial charge < -0.3 is 5.32 Å². The van der Waals surface area contributed by atoms with Gasteiger partial charge in [0.15, 0.2) is 0 Å². The number of benzene rings is 2. The Morgan fingerprint density at radius 1 is 1.03 bits per heavy atom. The second-order valence-corrected chi connectivity index (χ2v) is 9.49. The molecule has 0 aliphatic carbocycles. The van der Waals surface area contributed by atoms with Gasteiger partial charge in [-0.2, -0.15) is 4.31 Å². The van der Waals surface area contributed by atoms with Crippen LogP contribution in [0.5, 0.6) is 0 Å². The van der Waals surface area contributed by atoms with Crippen LogP contribution in [0.2, 0.25) is 0 Å². The lowest BCUT2D eigenvalue weighted by atomic mass is 10.2. The van der Waals surface area contributed by atoms with Crippen molar-refractivity contribution in [1.29, 1.82) is 0 Å². The average molecular weight is 416 g/mol. The minimum Gasteiger partial charge on any atom is -0.351 e. The molecule has 1 fully saturated rings. The fourth-order valence-electron chi connectivity index (χ4n) is 3.66. The van der Waals surface area contributed by atoms with Gasteiger partial charge in [-0.15, -0.1) is 0 Å². The maximum absolute atomic E-state index is 13.0. The predicted octanol–water partition coefficient (Wildman–Crippen LogP) is 2.31. The van der Waals surface area contributed by atoms with Crippen LogP contribution >= 0.6 is 0 Å². The van der Waals surface area contributed by atoms with Gasteiger partial charge in [0.25, 0.3) is 0 Å². The Balaban J connectivity index is 1.57. The summed E-state index contributed by atoms with van der Waals surface area (Å²) in [5.74, 6) is -0.0421. The smallest absolute Gasteiger partial charge is 0.243 e. The summed E-state index contributed by atoms with van der Waals surface area (Å²) < 4.78 is 27.6. The third kappa shape index (κ3) is 5.04. The molecule has 0 bridgehead atoms. The molecule has 1 unspecified atom stereocenters. The molecule has 7 heteroatoms. The van der Waals surface area contributed by atoms with Crippen molar-refractivity contribution in [3.05, 3.63) is 65.2 Å². The molecule has 0 spiro atoms. The molecule has 3 rings (SSSR count). The fourth-order valence-corrected chi connectivity index (χ4v) is 5.29. The van der Waals surface area contributed by atoms with Gasteiger partial charge >= 0.3 is 0 Å². The third-order valence-electron chi connectivity index (χ3n) is 5.46. The minimum absolute atomic E-state index is 0.0421. The van der Waals surface area contributed by atoms with Crippen molar-refractivity contribution in [3.63, 3.8) is 0 Å². The van der Waals surface area contributed by atoms with Crippen molar-refractivity contribution in [3.8, 4) is 0 Å². The van der Waals surface area contributed by atoms with Crippen molar-refractivity contribution in [2.24, 2.45) is 0 Å². The molecule has 1 aliphatic heterocycles. The van der Waals surface area contributed by atoms with E-state index < -0.39 is 10.0 Å². The lowest BCUT2D eigenvalue weighted by Crippen LogP contribution is -2.54. The summed E-state index contributed by atoms with van der Waals surface area (Å²) >= 11 is 0. The summed E-state index contributed by atoms with van der Waals surface area (Å²) in [6.45, 7) is 7.97. The number of carbonyl (C=O) groups excluding carboxylic acids is 1. The summed E-state index contributed by atoms with van der Waals surface area (Å²) in [6, 6.07) is 14.9. The Morgan fingerprint density at radius 2 is 1.69 bits per heavy atom. The van der Waals surface area contributed by atoms with Gasteiger partial charge in [0.2, 0.25) is 15.9 Å². The molecular formula is C22H29N3O3S. The zero-order chi connectivity index (χ0) is 21.0. The van der Waals surface area contributed by atoms with Crippen LogP contribution in [0.3, 0.4) is 0 Å². The zero-order valence-electron chi connectivity index (χ0n) is 17.3. The summed E-state index contributed by atoms with van der Waals surface area (Å²) in [6.07, 6.45) is 0. The molecule has 6 nitrogen and oxygen atoms in total. The highest BCUT2D eigenvalue weighted by atomic mass is 32.2. The molecule has 1 aliphatic rings. The molecule has 0 saturated carbocycles. The van der Waals surface area contributed by atoms with Crippen LogP contribution in [-0.2, 0) is 21.4 Å². The maximum atomic E-state index is 13.0. The number of piperazine rings is 1. The molecule has 1 atom stereocenters. The Hall–Kier alpha value is -2.22. The summed E-state index contributed by atoms with van der Waals surface area (Å²) in [7, 11) is -3.52. The Bertz CT molecular complexity index is 953. The van der Waals surface area contributed by atoms with Gasteiger partial charge in [-0.3, -0.25) is 9.69 Å². The normalized spacial score (nSPS) is 17.1. The average Bonchev–Trinajstić information content (AvgIpc) is 2.72. The molecule has 29 heavy (non-hydrogen) atoms. The van der Waals surface area contributed by atoms with Gasteiger partial charge in [-0.05, 0) is 38.0 Å². The van der Waals surface area contributed by atoms with E-state index in [1.165, 1.54) is 4.31 Å². The first kappa shape index (κ1) is 21.5. The minimum atomic E-state index is -3.52. The summed E-state index contributed by atoms with van der Waals surface area (Å²) in [5, 5.41) is 2.96. The number of nitrogens with one attached hydrogen (secondary N) is 1. The van der Waals surface area contributed by atoms with Crippen molar-refractivity contribution < 1.29 is 13.2 Å². The summed E-state index contributed by atoms with van der Waals surface area (Å²) in [4.78, 5) is 14.9. The Morgan fingerprint density at radius 3 is 2.31 bits per heavy atom. The van der Waals surface area contributed by atoms with Crippen molar-refractivity contribution in [2.45, 2.75) is 38.3 Å². The van der Waals surface area contributed by atoms with Crippen molar-refractivity contribution >= 4 is 15.9 Å². The highest BCUT2D eigenvalue weighted by Crippen LogP contribution is 2.22. The molecule has 1 amide bonds. The highest BCUT2D eigenvalue weighted by molar-refractivity contribution is 7.89. The van der Waals surface area contributed by atoms with E-state index in [0.29, 0.717) is 37.6 Å². The van der Waals surface area contributed by atoms with E-state index >= 15 is 0 Å². The maximum Gasteiger partial charge on any atom is 0.243 e. The van der Waals surface area contributed by atoms with Crippen LogP contribution in [-0.4, -0.2) is 55.8 Å². The number of carbonyl (C=O) groups is 1. The number of aryl methyl sites for hydroxylation is 2. The van der Waals surface area contributed by atoms with Crippen molar-refractivity contribution in [1.82, 2.24) is 14.5 Å². The van der Waals surface area contributed by atoms with Crippen LogP contribution in [0.1, 0.15) is 23.6 Å². The van der Waals surface area contributed by atoms with Gasteiger partial charge in [0, 0.05) is 32.7 Å². The number of sulfonamides is 1. The second-order valence-electron chi connectivity index (χ2n) is 7.59.